The second-order valence-corrected chi connectivity index (χ2v) is 6.95. The van der Waals surface area contributed by atoms with Crippen molar-refractivity contribution < 1.29 is 18.7 Å². The first kappa shape index (κ1) is 20.2. The molecule has 2 aromatic heterocycles. The highest BCUT2D eigenvalue weighted by molar-refractivity contribution is 6.12. The van der Waals surface area contributed by atoms with Crippen molar-refractivity contribution in [1.29, 1.82) is 0 Å². The Morgan fingerprint density at radius 1 is 1.00 bits per heavy atom. The van der Waals surface area contributed by atoms with Gasteiger partial charge in [-0.3, -0.25) is 9.79 Å². The molecule has 4 aromatic rings. The Balaban J connectivity index is 1.83. The first-order valence-corrected chi connectivity index (χ1v) is 9.62. The van der Waals surface area contributed by atoms with E-state index in [0.717, 1.165) is 16.6 Å². The molecule has 0 aliphatic heterocycles. The first-order valence-electron chi connectivity index (χ1n) is 9.62. The van der Waals surface area contributed by atoms with E-state index in [9.17, 15) is 14.0 Å². The van der Waals surface area contributed by atoms with Gasteiger partial charge in [0.1, 0.15) is 5.82 Å². The average Bonchev–Trinajstić information content (AvgIpc) is 3.08. The summed E-state index contributed by atoms with van der Waals surface area (Å²) in [7, 11) is 1.32. The number of fused-ring (bicyclic) bond motifs is 1. The van der Waals surface area contributed by atoms with E-state index in [2.05, 4.69) is 4.99 Å². The molecular formula is C25H19FN2O3. The van der Waals surface area contributed by atoms with E-state index < -0.39 is 11.8 Å². The van der Waals surface area contributed by atoms with Crippen molar-refractivity contribution in [3.8, 4) is 0 Å². The number of carbonyl (C=O) groups excluding carboxylic acids is 2. The van der Waals surface area contributed by atoms with Crippen LogP contribution in [-0.2, 0) is 4.74 Å². The lowest BCUT2D eigenvalue weighted by molar-refractivity contribution is 0.0601. The molecule has 6 heteroatoms. The summed E-state index contributed by atoms with van der Waals surface area (Å²) >= 11 is 0. The molecular weight excluding hydrogens is 395 g/mol. The number of esters is 1. The predicted octanol–water partition coefficient (Wildman–Crippen LogP) is 5.16. The summed E-state index contributed by atoms with van der Waals surface area (Å²) in [6.07, 6.45) is 3.45. The zero-order valence-electron chi connectivity index (χ0n) is 17.0. The zero-order valence-corrected chi connectivity index (χ0v) is 17.0. The van der Waals surface area contributed by atoms with Crippen molar-refractivity contribution in [1.82, 2.24) is 4.40 Å². The van der Waals surface area contributed by atoms with Crippen LogP contribution < -0.4 is 0 Å². The van der Waals surface area contributed by atoms with Gasteiger partial charge < -0.3 is 9.14 Å². The topological polar surface area (TPSA) is 60.1 Å². The molecule has 0 spiro atoms. The average molecular weight is 414 g/mol. The standard InChI is InChI=1S/C25H19FN2O3/c1-16-20(15-27-21-8-4-3-7-19(21)25(30)31-2)22-9-5-6-14-28(22)23(16)24(29)17-10-12-18(26)13-11-17/h3-15H,1-2H3. The fourth-order valence-electron chi connectivity index (χ4n) is 3.54. The van der Waals surface area contributed by atoms with Crippen LogP contribution in [0.4, 0.5) is 10.1 Å². The van der Waals surface area contributed by atoms with E-state index in [4.69, 9.17) is 4.74 Å². The molecule has 0 fully saturated rings. The largest absolute Gasteiger partial charge is 0.465 e. The fraction of sp³-hybridized carbons (Fsp3) is 0.0800. The van der Waals surface area contributed by atoms with Gasteiger partial charge in [0.2, 0.25) is 5.78 Å². The molecule has 5 nitrogen and oxygen atoms in total. The lowest BCUT2D eigenvalue weighted by Gasteiger charge is -2.04. The predicted molar refractivity (Wildman–Crippen MR) is 117 cm³/mol. The smallest absolute Gasteiger partial charge is 0.340 e. The van der Waals surface area contributed by atoms with E-state index in [-0.39, 0.29) is 5.78 Å². The van der Waals surface area contributed by atoms with Gasteiger partial charge in [-0.2, -0.15) is 0 Å². The number of carbonyl (C=O) groups is 2. The minimum Gasteiger partial charge on any atom is -0.465 e. The summed E-state index contributed by atoms with van der Waals surface area (Å²) in [5.41, 5.74) is 3.98. The van der Waals surface area contributed by atoms with Crippen LogP contribution in [0.15, 0.2) is 77.9 Å². The summed E-state index contributed by atoms with van der Waals surface area (Å²) in [6, 6.07) is 18.0. The molecule has 2 aromatic carbocycles. The number of ketones is 1. The number of benzene rings is 2. The molecule has 0 amide bonds. The Morgan fingerprint density at radius 3 is 2.45 bits per heavy atom. The van der Waals surface area contributed by atoms with E-state index in [0.29, 0.717) is 22.5 Å². The summed E-state index contributed by atoms with van der Waals surface area (Å²) in [5, 5.41) is 0. The molecule has 0 unspecified atom stereocenters. The van der Waals surface area contributed by atoms with Crippen molar-refractivity contribution in [3.63, 3.8) is 0 Å². The van der Waals surface area contributed by atoms with Crippen LogP contribution in [-0.4, -0.2) is 29.5 Å². The molecule has 0 saturated heterocycles. The van der Waals surface area contributed by atoms with Crippen molar-refractivity contribution in [2.45, 2.75) is 6.92 Å². The van der Waals surface area contributed by atoms with Gasteiger partial charge >= 0.3 is 5.97 Å². The Hall–Kier alpha value is -4.06. The maximum atomic E-state index is 13.3. The summed E-state index contributed by atoms with van der Waals surface area (Å²) in [6.45, 7) is 1.84. The summed E-state index contributed by atoms with van der Waals surface area (Å²) in [4.78, 5) is 29.8. The Morgan fingerprint density at radius 2 is 1.71 bits per heavy atom. The Labute approximate surface area is 178 Å². The fourth-order valence-corrected chi connectivity index (χ4v) is 3.54. The lowest BCUT2D eigenvalue weighted by atomic mass is 10.0. The number of pyridine rings is 1. The van der Waals surface area contributed by atoms with Crippen LogP contribution >= 0.6 is 0 Å². The minimum atomic E-state index is -0.474. The third-order valence-electron chi connectivity index (χ3n) is 5.10. The number of aromatic nitrogens is 1. The molecule has 4 rings (SSSR count). The normalized spacial score (nSPS) is 11.2. The number of para-hydroxylation sites is 1. The molecule has 154 valence electrons. The van der Waals surface area contributed by atoms with Crippen molar-refractivity contribution in [2.75, 3.05) is 7.11 Å². The highest BCUT2D eigenvalue weighted by Gasteiger charge is 2.21. The van der Waals surface area contributed by atoms with Crippen LogP contribution in [0.3, 0.4) is 0 Å². The van der Waals surface area contributed by atoms with Crippen molar-refractivity contribution in [2.24, 2.45) is 4.99 Å². The second-order valence-electron chi connectivity index (χ2n) is 6.95. The highest BCUT2D eigenvalue weighted by Crippen LogP contribution is 2.26. The van der Waals surface area contributed by atoms with E-state index >= 15 is 0 Å². The monoisotopic (exact) mass is 414 g/mol. The molecule has 0 atom stereocenters. The molecule has 0 bridgehead atoms. The maximum absolute atomic E-state index is 13.3. The van der Waals surface area contributed by atoms with Gasteiger partial charge in [-0.05, 0) is 61.0 Å². The number of aliphatic imine (C=N–C) groups is 1. The second kappa shape index (κ2) is 8.36. The van der Waals surface area contributed by atoms with Crippen LogP contribution in [0.25, 0.3) is 5.52 Å². The number of ether oxygens (including phenoxy) is 1. The van der Waals surface area contributed by atoms with E-state index in [1.165, 1.54) is 31.4 Å². The molecule has 0 N–H and O–H groups in total. The van der Waals surface area contributed by atoms with Gasteiger partial charge in [-0.25, -0.2) is 9.18 Å². The van der Waals surface area contributed by atoms with Gasteiger partial charge in [0.05, 0.1) is 29.6 Å². The number of rotatable bonds is 5. The number of nitrogens with zero attached hydrogens (tertiary/aromatic N) is 2. The third kappa shape index (κ3) is 3.75. The third-order valence-corrected chi connectivity index (χ3v) is 5.10. The summed E-state index contributed by atoms with van der Waals surface area (Å²) < 4.78 is 19.9. The SMILES string of the molecule is COC(=O)c1ccccc1N=Cc1c(C)c(C(=O)c2ccc(F)cc2)n2ccccc12. The number of methoxy groups -OCH3 is 1. The summed E-state index contributed by atoms with van der Waals surface area (Å²) in [5.74, 6) is -1.09. The number of hydrogen-bond acceptors (Lipinski definition) is 4. The Kier molecular flexibility index (Phi) is 5.45. The number of halogens is 1. The highest BCUT2D eigenvalue weighted by atomic mass is 19.1. The van der Waals surface area contributed by atoms with Crippen LogP contribution in [0.2, 0.25) is 0 Å². The van der Waals surface area contributed by atoms with E-state index in [1.54, 1.807) is 41.1 Å². The minimum absolute atomic E-state index is 0.215. The van der Waals surface area contributed by atoms with Gasteiger partial charge in [-0.1, -0.05) is 18.2 Å². The van der Waals surface area contributed by atoms with Crippen molar-refractivity contribution in [3.05, 3.63) is 107 Å². The quantitative estimate of drug-likeness (QED) is 0.258. The van der Waals surface area contributed by atoms with Crippen LogP contribution in [0, 0.1) is 12.7 Å². The maximum Gasteiger partial charge on any atom is 0.340 e. The molecule has 0 saturated carbocycles. The molecule has 0 aliphatic rings. The molecule has 31 heavy (non-hydrogen) atoms. The van der Waals surface area contributed by atoms with Crippen molar-refractivity contribution >= 4 is 29.2 Å². The van der Waals surface area contributed by atoms with E-state index in [1.807, 2.05) is 25.1 Å². The molecule has 2 heterocycles. The van der Waals surface area contributed by atoms with Gasteiger partial charge in [0, 0.05) is 23.5 Å². The Bertz CT molecular complexity index is 1320. The van der Waals surface area contributed by atoms with Gasteiger partial charge in [0.15, 0.2) is 0 Å². The first-order chi connectivity index (χ1) is 15.0. The number of hydrogen-bond donors (Lipinski definition) is 0. The van der Waals surface area contributed by atoms with Gasteiger partial charge in [0.25, 0.3) is 0 Å². The zero-order chi connectivity index (χ0) is 22.0. The molecule has 0 radical (unpaired) electrons. The van der Waals surface area contributed by atoms with Crippen LogP contribution in [0.5, 0.6) is 0 Å². The van der Waals surface area contributed by atoms with Crippen LogP contribution in [0.1, 0.15) is 37.5 Å². The lowest BCUT2D eigenvalue weighted by Crippen LogP contribution is -2.07. The molecule has 0 aliphatic carbocycles. The van der Waals surface area contributed by atoms with Gasteiger partial charge in [-0.15, -0.1) is 0 Å².